The Morgan fingerprint density at radius 2 is 1.62 bits per heavy atom. The molecule has 0 spiro atoms. The van der Waals surface area contributed by atoms with Gasteiger partial charge in [0.2, 0.25) is 0 Å². The minimum atomic E-state index is -0.436. The number of carbonyl (C=O) groups is 1. The van der Waals surface area contributed by atoms with Crippen LogP contribution in [0.5, 0.6) is 0 Å². The van der Waals surface area contributed by atoms with Crippen molar-refractivity contribution in [1.82, 2.24) is 10.2 Å². The zero-order valence-electron chi connectivity index (χ0n) is 19.2. The van der Waals surface area contributed by atoms with E-state index < -0.39 is 4.92 Å². The van der Waals surface area contributed by atoms with Gasteiger partial charge in [-0.05, 0) is 54.3 Å². The van der Waals surface area contributed by atoms with Gasteiger partial charge in [-0.1, -0.05) is 73.2 Å². The summed E-state index contributed by atoms with van der Waals surface area (Å²) in [5.41, 5.74) is 4.12. The molecule has 6 nitrogen and oxygen atoms in total. The maximum Gasteiger partial charge on any atom is 0.270 e. The van der Waals surface area contributed by atoms with Crippen LogP contribution < -0.4 is 5.32 Å². The van der Waals surface area contributed by atoms with Gasteiger partial charge in [0.05, 0.1) is 4.92 Å². The van der Waals surface area contributed by atoms with E-state index in [1.54, 1.807) is 18.2 Å². The van der Waals surface area contributed by atoms with Crippen LogP contribution in [0, 0.1) is 10.1 Å². The van der Waals surface area contributed by atoms with Crippen LogP contribution in [-0.4, -0.2) is 28.8 Å². The zero-order chi connectivity index (χ0) is 23.8. The number of benzene rings is 3. The second-order valence-electron chi connectivity index (χ2n) is 8.61. The van der Waals surface area contributed by atoms with Crippen molar-refractivity contribution >= 4 is 23.2 Å². The summed E-state index contributed by atoms with van der Waals surface area (Å²) in [5, 5.41) is 14.1. The number of rotatable bonds is 8. The summed E-state index contributed by atoms with van der Waals surface area (Å²) >= 11 is 0. The number of amides is 1. The minimum absolute atomic E-state index is 0.00814. The molecule has 3 aromatic carbocycles. The Kier molecular flexibility index (Phi) is 7.83. The van der Waals surface area contributed by atoms with Crippen LogP contribution >= 0.6 is 0 Å². The van der Waals surface area contributed by atoms with Gasteiger partial charge < -0.3 is 5.32 Å². The van der Waals surface area contributed by atoms with E-state index in [1.807, 2.05) is 30.3 Å². The highest BCUT2D eigenvalue weighted by atomic mass is 16.6. The molecule has 34 heavy (non-hydrogen) atoms. The van der Waals surface area contributed by atoms with E-state index in [0.717, 1.165) is 30.8 Å². The standard InChI is InChI=1S/C28H29N3O3/c32-28(29-20-22-12-14-23(15-13-22)21-30-16-5-2-6-17-30)27(25-9-3-1-4-10-25)19-24-8-7-11-26(18-24)31(33)34/h1,3-4,7-15,18-19H,2,5-6,16-17,20-21H2,(H,29,32)/b27-19+. The fourth-order valence-corrected chi connectivity index (χ4v) is 4.21. The van der Waals surface area contributed by atoms with Crippen molar-refractivity contribution in [3.8, 4) is 0 Å². The number of nitro benzene ring substituents is 1. The second-order valence-corrected chi connectivity index (χ2v) is 8.61. The normalized spacial score (nSPS) is 14.5. The van der Waals surface area contributed by atoms with Crippen molar-refractivity contribution in [2.24, 2.45) is 0 Å². The van der Waals surface area contributed by atoms with Crippen molar-refractivity contribution in [1.29, 1.82) is 0 Å². The Hall–Kier alpha value is -3.77. The Morgan fingerprint density at radius 1 is 0.912 bits per heavy atom. The lowest BCUT2D eigenvalue weighted by Crippen LogP contribution is -2.29. The van der Waals surface area contributed by atoms with Crippen LogP contribution in [0.1, 0.15) is 41.5 Å². The van der Waals surface area contributed by atoms with Crippen molar-refractivity contribution in [3.05, 3.63) is 111 Å². The van der Waals surface area contributed by atoms with E-state index in [2.05, 4.69) is 34.5 Å². The largest absolute Gasteiger partial charge is 0.348 e. The maximum absolute atomic E-state index is 13.1. The Bertz CT molecular complexity index is 1150. The first-order valence-corrected chi connectivity index (χ1v) is 11.7. The summed E-state index contributed by atoms with van der Waals surface area (Å²) in [6, 6.07) is 24.0. The molecule has 0 saturated carbocycles. The molecule has 1 amide bonds. The molecule has 4 rings (SSSR count). The molecule has 174 valence electrons. The molecule has 0 bridgehead atoms. The average molecular weight is 456 g/mol. The van der Waals surface area contributed by atoms with Crippen molar-refractivity contribution in [3.63, 3.8) is 0 Å². The van der Waals surface area contributed by atoms with Crippen molar-refractivity contribution < 1.29 is 9.72 Å². The highest BCUT2D eigenvalue weighted by Crippen LogP contribution is 2.22. The highest BCUT2D eigenvalue weighted by Gasteiger charge is 2.14. The first-order chi connectivity index (χ1) is 16.6. The fourth-order valence-electron chi connectivity index (χ4n) is 4.21. The van der Waals surface area contributed by atoms with Crippen LogP contribution in [0.3, 0.4) is 0 Å². The molecule has 1 fully saturated rings. The van der Waals surface area contributed by atoms with E-state index in [4.69, 9.17) is 0 Å². The third-order valence-electron chi connectivity index (χ3n) is 6.05. The van der Waals surface area contributed by atoms with Gasteiger partial charge in [0.25, 0.3) is 11.6 Å². The van der Waals surface area contributed by atoms with Crippen LogP contribution in [0.2, 0.25) is 0 Å². The van der Waals surface area contributed by atoms with Gasteiger partial charge >= 0.3 is 0 Å². The SMILES string of the molecule is O=C(NCc1ccc(CN2CCCCC2)cc1)/C(=C/c1cccc([N+](=O)[O-])c1)c1ccccc1. The van der Waals surface area contributed by atoms with E-state index in [-0.39, 0.29) is 11.6 Å². The van der Waals surface area contributed by atoms with Crippen molar-refractivity contribution in [2.75, 3.05) is 13.1 Å². The smallest absolute Gasteiger partial charge is 0.270 e. The Balaban J connectivity index is 1.46. The highest BCUT2D eigenvalue weighted by molar-refractivity contribution is 6.24. The number of piperidine rings is 1. The summed E-state index contributed by atoms with van der Waals surface area (Å²) < 4.78 is 0. The predicted molar refractivity (Wildman–Crippen MR) is 135 cm³/mol. The number of nitro groups is 1. The number of hydrogen-bond acceptors (Lipinski definition) is 4. The number of nitrogens with one attached hydrogen (secondary N) is 1. The molecular weight excluding hydrogens is 426 g/mol. The number of carbonyl (C=O) groups excluding carboxylic acids is 1. The topological polar surface area (TPSA) is 75.5 Å². The molecular formula is C28H29N3O3. The van der Waals surface area contributed by atoms with Gasteiger partial charge in [-0.3, -0.25) is 19.8 Å². The molecule has 0 aliphatic carbocycles. The van der Waals surface area contributed by atoms with E-state index >= 15 is 0 Å². The molecule has 0 unspecified atom stereocenters. The van der Waals surface area contributed by atoms with Crippen LogP contribution in [0.4, 0.5) is 5.69 Å². The summed E-state index contributed by atoms with van der Waals surface area (Å²) in [6.07, 6.45) is 5.57. The van der Waals surface area contributed by atoms with Crippen molar-refractivity contribution in [2.45, 2.75) is 32.4 Å². The zero-order valence-corrected chi connectivity index (χ0v) is 19.2. The number of nitrogens with zero attached hydrogens (tertiary/aromatic N) is 2. The van der Waals surface area contributed by atoms with E-state index in [0.29, 0.717) is 17.7 Å². The van der Waals surface area contributed by atoms with Crippen LogP contribution in [0.25, 0.3) is 11.6 Å². The summed E-state index contributed by atoms with van der Waals surface area (Å²) in [5.74, 6) is -0.227. The third-order valence-corrected chi connectivity index (χ3v) is 6.05. The predicted octanol–water partition coefficient (Wildman–Crippen LogP) is 5.44. The molecule has 1 aliphatic heterocycles. The molecule has 1 heterocycles. The van der Waals surface area contributed by atoms with Gasteiger partial charge in [0.1, 0.15) is 0 Å². The Morgan fingerprint density at radius 3 is 2.32 bits per heavy atom. The molecule has 0 aromatic heterocycles. The molecule has 1 saturated heterocycles. The van der Waals surface area contributed by atoms with Gasteiger partial charge in [0, 0.05) is 30.8 Å². The number of non-ortho nitro benzene ring substituents is 1. The molecule has 1 aliphatic rings. The third kappa shape index (κ3) is 6.39. The summed E-state index contributed by atoms with van der Waals surface area (Å²) in [6.45, 7) is 3.70. The molecule has 0 atom stereocenters. The first-order valence-electron chi connectivity index (χ1n) is 11.7. The van der Waals surface area contributed by atoms with Crippen LogP contribution in [0.15, 0.2) is 78.9 Å². The lowest BCUT2D eigenvalue weighted by Gasteiger charge is -2.26. The van der Waals surface area contributed by atoms with Gasteiger partial charge in [-0.25, -0.2) is 0 Å². The number of hydrogen-bond donors (Lipinski definition) is 1. The lowest BCUT2D eigenvalue weighted by atomic mass is 10.0. The van der Waals surface area contributed by atoms with E-state index in [9.17, 15) is 14.9 Å². The number of likely N-dealkylation sites (tertiary alicyclic amines) is 1. The molecule has 0 radical (unpaired) electrons. The minimum Gasteiger partial charge on any atom is -0.348 e. The van der Waals surface area contributed by atoms with Gasteiger partial charge in [0.15, 0.2) is 0 Å². The Labute approximate surface area is 200 Å². The summed E-state index contributed by atoms with van der Waals surface area (Å²) in [7, 11) is 0. The summed E-state index contributed by atoms with van der Waals surface area (Å²) in [4.78, 5) is 26.3. The van der Waals surface area contributed by atoms with Crippen LogP contribution in [-0.2, 0) is 17.9 Å². The molecule has 6 heteroatoms. The quantitative estimate of drug-likeness (QED) is 0.212. The molecule has 3 aromatic rings. The van der Waals surface area contributed by atoms with Gasteiger partial charge in [-0.2, -0.15) is 0 Å². The fraction of sp³-hybridized carbons (Fsp3) is 0.250. The first kappa shape index (κ1) is 23.4. The van der Waals surface area contributed by atoms with E-state index in [1.165, 1.54) is 37.0 Å². The molecule has 1 N–H and O–H groups in total. The average Bonchev–Trinajstić information content (AvgIpc) is 2.88. The monoisotopic (exact) mass is 455 g/mol. The maximum atomic E-state index is 13.1. The van der Waals surface area contributed by atoms with Gasteiger partial charge in [-0.15, -0.1) is 0 Å². The second kappa shape index (κ2) is 11.4. The lowest BCUT2D eigenvalue weighted by molar-refractivity contribution is -0.384.